The minimum atomic E-state index is -0.972. The van der Waals surface area contributed by atoms with E-state index in [9.17, 15) is 18.8 Å². The summed E-state index contributed by atoms with van der Waals surface area (Å²) in [4.78, 5) is 46.7. The maximum absolute atomic E-state index is 13.0. The molecule has 1 saturated heterocycles. The maximum Gasteiger partial charge on any atom is 0.258 e. The Morgan fingerprint density at radius 3 is 2.57 bits per heavy atom. The minimum absolute atomic E-state index is 0.125. The zero-order valence-corrected chi connectivity index (χ0v) is 15.1. The molecule has 1 unspecified atom stereocenters. The van der Waals surface area contributed by atoms with Crippen LogP contribution in [0, 0.1) is 5.82 Å². The first kappa shape index (κ1) is 18.1. The Labute approximate surface area is 160 Å². The van der Waals surface area contributed by atoms with Gasteiger partial charge in [0, 0.05) is 25.2 Å². The van der Waals surface area contributed by atoms with E-state index >= 15 is 0 Å². The molecule has 2 amide bonds. The van der Waals surface area contributed by atoms with E-state index in [2.05, 4.69) is 20.6 Å². The van der Waals surface area contributed by atoms with E-state index in [0.717, 1.165) is 32.4 Å². The number of aromatic nitrogens is 2. The molecule has 0 spiro atoms. The lowest BCUT2D eigenvalue weighted by Crippen LogP contribution is -2.38. The normalized spacial score (nSPS) is 19.0. The molecule has 1 aromatic heterocycles. The number of fused-ring (bicyclic) bond motifs is 1. The maximum atomic E-state index is 13.0. The fourth-order valence-electron chi connectivity index (χ4n) is 3.60. The van der Waals surface area contributed by atoms with Gasteiger partial charge < -0.3 is 15.5 Å². The van der Waals surface area contributed by atoms with Gasteiger partial charge in [0.15, 0.2) is 0 Å². The number of carbonyl (C=O) groups excluding carboxylic acids is 2. The summed E-state index contributed by atoms with van der Waals surface area (Å²) in [5, 5.41) is 5.24. The average Bonchev–Trinajstić information content (AvgIpc) is 2.69. The number of anilines is 3. The second kappa shape index (κ2) is 7.41. The largest absolute Gasteiger partial charge is 0.342 e. The lowest BCUT2D eigenvalue weighted by molar-refractivity contribution is -0.123. The van der Waals surface area contributed by atoms with E-state index in [1.54, 1.807) is 0 Å². The summed E-state index contributed by atoms with van der Waals surface area (Å²) in [6, 6.07) is 5.27. The zero-order chi connectivity index (χ0) is 19.7. The van der Waals surface area contributed by atoms with Gasteiger partial charge in [-0.05, 0) is 43.5 Å². The van der Waals surface area contributed by atoms with Gasteiger partial charge in [0.25, 0.3) is 5.56 Å². The monoisotopic (exact) mass is 385 g/mol. The Morgan fingerprint density at radius 2 is 1.86 bits per heavy atom. The van der Waals surface area contributed by atoms with Crippen LogP contribution in [0.15, 0.2) is 29.1 Å². The molecule has 1 atom stereocenters. The fourth-order valence-corrected chi connectivity index (χ4v) is 3.60. The third kappa shape index (κ3) is 3.60. The second-order valence-corrected chi connectivity index (χ2v) is 7.00. The number of rotatable bonds is 3. The number of carbonyl (C=O) groups is 2. The van der Waals surface area contributed by atoms with Gasteiger partial charge in [0.05, 0.1) is 11.5 Å². The fraction of sp³-hybridized carbons (Fsp3) is 0.368. The first-order valence-corrected chi connectivity index (χ1v) is 9.27. The van der Waals surface area contributed by atoms with Crippen molar-refractivity contribution in [2.24, 2.45) is 0 Å². The molecule has 2 aromatic rings. The third-order valence-electron chi connectivity index (χ3n) is 5.02. The Balaban J connectivity index is 1.64. The van der Waals surface area contributed by atoms with E-state index in [4.69, 9.17) is 0 Å². The summed E-state index contributed by atoms with van der Waals surface area (Å²) in [5.41, 5.74) is 0.0815. The van der Waals surface area contributed by atoms with E-state index in [0.29, 0.717) is 11.6 Å². The van der Waals surface area contributed by atoms with Crippen molar-refractivity contribution in [1.29, 1.82) is 0 Å². The summed E-state index contributed by atoms with van der Waals surface area (Å²) < 4.78 is 13.0. The van der Waals surface area contributed by atoms with Crippen LogP contribution in [0.5, 0.6) is 0 Å². The van der Waals surface area contributed by atoms with E-state index < -0.39 is 23.2 Å². The highest BCUT2D eigenvalue weighted by Gasteiger charge is 2.35. The predicted molar refractivity (Wildman–Crippen MR) is 102 cm³/mol. The van der Waals surface area contributed by atoms with E-state index in [1.807, 2.05) is 4.90 Å². The molecule has 3 heterocycles. The molecular weight excluding hydrogens is 365 g/mol. The van der Waals surface area contributed by atoms with Gasteiger partial charge in [-0.1, -0.05) is 0 Å². The smallest absolute Gasteiger partial charge is 0.258 e. The molecule has 28 heavy (non-hydrogen) atoms. The van der Waals surface area contributed by atoms with Gasteiger partial charge in [0.2, 0.25) is 17.8 Å². The molecule has 9 heteroatoms. The summed E-state index contributed by atoms with van der Waals surface area (Å²) in [6.07, 6.45) is 2.99. The highest BCUT2D eigenvalue weighted by atomic mass is 19.1. The number of hydrogen-bond acceptors (Lipinski definition) is 5. The number of H-pyrrole nitrogens is 1. The number of amides is 2. The van der Waals surface area contributed by atoms with Gasteiger partial charge in [-0.2, -0.15) is 4.98 Å². The molecule has 3 N–H and O–H groups in total. The standard InChI is InChI=1S/C19H20FN5O3/c20-11-4-6-12(7-5-11)21-17(27)13-10-14(26)22-16-15(13)18(28)24-19(23-16)25-8-2-1-3-9-25/h4-7,13H,1-3,8-10H2,(H,21,27)(H2,22,23,24,26,28). The van der Waals surface area contributed by atoms with Gasteiger partial charge in [0.1, 0.15) is 11.6 Å². The summed E-state index contributed by atoms with van der Waals surface area (Å²) in [6.45, 7) is 1.56. The molecule has 8 nitrogen and oxygen atoms in total. The molecule has 1 fully saturated rings. The Morgan fingerprint density at radius 1 is 1.14 bits per heavy atom. The molecule has 0 aliphatic carbocycles. The summed E-state index contributed by atoms with van der Waals surface area (Å²) in [7, 11) is 0. The SMILES string of the molecule is O=C1CC(C(=O)Nc2ccc(F)cc2)c2c(nc(N3CCCCC3)[nH]c2=O)N1. The van der Waals surface area contributed by atoms with Crippen LogP contribution in [0.4, 0.5) is 21.8 Å². The first-order valence-electron chi connectivity index (χ1n) is 9.27. The van der Waals surface area contributed by atoms with Crippen LogP contribution in [0.1, 0.15) is 37.2 Å². The lowest BCUT2D eigenvalue weighted by Gasteiger charge is -2.29. The van der Waals surface area contributed by atoms with Gasteiger partial charge in [-0.3, -0.25) is 19.4 Å². The molecular formula is C19H20FN5O3. The number of halogens is 1. The molecule has 0 bridgehead atoms. The molecule has 146 valence electrons. The van der Waals surface area contributed by atoms with Gasteiger partial charge in [-0.15, -0.1) is 0 Å². The molecule has 2 aliphatic rings. The van der Waals surface area contributed by atoms with Crippen LogP contribution in [-0.4, -0.2) is 34.9 Å². The first-order chi connectivity index (χ1) is 13.5. The third-order valence-corrected chi connectivity index (χ3v) is 5.02. The molecule has 1 aromatic carbocycles. The van der Waals surface area contributed by atoms with Crippen molar-refractivity contribution in [2.75, 3.05) is 28.6 Å². The highest BCUT2D eigenvalue weighted by molar-refractivity contribution is 6.04. The minimum Gasteiger partial charge on any atom is -0.342 e. The summed E-state index contributed by atoms with van der Waals surface area (Å²) in [5.74, 6) is -1.76. The number of piperidine rings is 1. The van der Waals surface area contributed by atoms with Crippen molar-refractivity contribution in [3.05, 3.63) is 46.0 Å². The molecule has 4 rings (SSSR count). The number of benzene rings is 1. The van der Waals surface area contributed by atoms with Gasteiger partial charge in [-0.25, -0.2) is 4.39 Å². The molecule has 0 radical (unpaired) electrons. The van der Waals surface area contributed by atoms with E-state index in [-0.39, 0.29) is 23.7 Å². The van der Waals surface area contributed by atoms with Crippen LogP contribution in [0.3, 0.4) is 0 Å². The number of aromatic amines is 1. The quantitative estimate of drug-likeness (QED) is 0.749. The van der Waals surface area contributed by atoms with Crippen molar-refractivity contribution in [3.63, 3.8) is 0 Å². The number of nitrogens with zero attached hydrogens (tertiary/aromatic N) is 2. The number of nitrogens with one attached hydrogen (secondary N) is 3. The zero-order valence-electron chi connectivity index (χ0n) is 15.1. The average molecular weight is 385 g/mol. The van der Waals surface area contributed by atoms with Crippen molar-refractivity contribution >= 4 is 29.3 Å². The Bertz CT molecular complexity index is 967. The predicted octanol–water partition coefficient (Wildman–Crippen LogP) is 1.96. The van der Waals surface area contributed by atoms with Crippen LogP contribution in [-0.2, 0) is 9.59 Å². The van der Waals surface area contributed by atoms with E-state index in [1.165, 1.54) is 24.3 Å². The Kier molecular flexibility index (Phi) is 4.81. The van der Waals surface area contributed by atoms with Crippen LogP contribution >= 0.6 is 0 Å². The summed E-state index contributed by atoms with van der Waals surface area (Å²) >= 11 is 0. The Hall–Kier alpha value is -3.23. The topological polar surface area (TPSA) is 107 Å². The second-order valence-electron chi connectivity index (χ2n) is 7.00. The van der Waals surface area contributed by atoms with Crippen LogP contribution < -0.4 is 21.1 Å². The van der Waals surface area contributed by atoms with Gasteiger partial charge >= 0.3 is 0 Å². The lowest BCUT2D eigenvalue weighted by atomic mass is 9.92. The highest BCUT2D eigenvalue weighted by Crippen LogP contribution is 2.30. The van der Waals surface area contributed by atoms with Crippen molar-refractivity contribution < 1.29 is 14.0 Å². The molecule has 0 saturated carbocycles. The molecule has 2 aliphatic heterocycles. The van der Waals surface area contributed by atoms with Crippen molar-refractivity contribution in [2.45, 2.75) is 31.6 Å². The van der Waals surface area contributed by atoms with Crippen molar-refractivity contribution in [3.8, 4) is 0 Å². The van der Waals surface area contributed by atoms with Crippen LogP contribution in [0.2, 0.25) is 0 Å². The van der Waals surface area contributed by atoms with Crippen molar-refractivity contribution in [1.82, 2.24) is 9.97 Å². The number of hydrogen-bond donors (Lipinski definition) is 3. The van der Waals surface area contributed by atoms with Crippen LogP contribution in [0.25, 0.3) is 0 Å².